The Hall–Kier alpha value is -4.78. The van der Waals surface area contributed by atoms with Gasteiger partial charge in [-0.15, -0.1) is 0 Å². The maximum Gasteiger partial charge on any atom is 0.135 e. The summed E-state index contributed by atoms with van der Waals surface area (Å²) < 4.78 is 6.21. The zero-order valence-electron chi connectivity index (χ0n) is 18.3. The molecule has 6 N–H and O–H groups in total. The quantitative estimate of drug-likeness (QED) is 0.222. The Bertz CT molecular complexity index is 1400. The van der Waals surface area contributed by atoms with E-state index in [1.54, 1.807) is 36.4 Å². The Balaban J connectivity index is 1.62. The van der Waals surface area contributed by atoms with Gasteiger partial charge in [-0.2, -0.15) is 0 Å². The highest BCUT2D eigenvalue weighted by atomic mass is 16.5. The highest BCUT2D eigenvalue weighted by Crippen LogP contribution is 2.54. The van der Waals surface area contributed by atoms with Gasteiger partial charge in [0, 0.05) is 23.3 Å². The molecule has 35 heavy (non-hydrogen) atoms. The fraction of sp³-hybridized carbons (Fsp3) is 0.0714. The van der Waals surface area contributed by atoms with Gasteiger partial charge < -0.3 is 35.4 Å². The molecule has 2 unspecified atom stereocenters. The first-order chi connectivity index (χ1) is 16.8. The molecule has 0 fully saturated rings. The van der Waals surface area contributed by atoms with Crippen LogP contribution in [-0.4, -0.2) is 30.6 Å². The molecule has 0 aliphatic carbocycles. The first kappa shape index (κ1) is 22.0. The van der Waals surface area contributed by atoms with E-state index in [1.807, 2.05) is 0 Å². The Kier molecular flexibility index (Phi) is 5.37. The summed E-state index contributed by atoms with van der Waals surface area (Å²) in [6.07, 6.45) is 2.69. The smallest absolute Gasteiger partial charge is 0.135 e. The Morgan fingerprint density at radius 2 is 1.17 bits per heavy atom. The molecular weight excluding hydrogens is 448 g/mol. The number of hydrogen-bond donors (Lipinski definition) is 6. The SMILES string of the molecule is Oc1ccc(C2Oc3ccc(/C=C/c4cc(O)cc(O)c4)c(O)c3C2c2cc(O)cc(O)c2)cc1. The summed E-state index contributed by atoms with van der Waals surface area (Å²) in [5.74, 6) is -0.504. The van der Waals surface area contributed by atoms with Gasteiger partial charge in [0.15, 0.2) is 0 Å². The predicted molar refractivity (Wildman–Crippen MR) is 130 cm³/mol. The van der Waals surface area contributed by atoms with Crippen LogP contribution >= 0.6 is 0 Å². The zero-order valence-corrected chi connectivity index (χ0v) is 18.3. The summed E-state index contributed by atoms with van der Waals surface area (Å²) in [6.45, 7) is 0. The minimum Gasteiger partial charge on any atom is -0.508 e. The summed E-state index contributed by atoms with van der Waals surface area (Å²) in [6, 6.07) is 18.3. The molecule has 4 aromatic rings. The van der Waals surface area contributed by atoms with E-state index in [4.69, 9.17) is 4.74 Å². The van der Waals surface area contributed by atoms with Crippen LogP contribution in [0.1, 0.15) is 39.8 Å². The second-order valence-corrected chi connectivity index (χ2v) is 8.42. The van der Waals surface area contributed by atoms with E-state index in [-0.39, 0.29) is 34.5 Å². The fourth-order valence-electron chi connectivity index (χ4n) is 4.46. The van der Waals surface area contributed by atoms with Crippen molar-refractivity contribution in [2.24, 2.45) is 0 Å². The topological polar surface area (TPSA) is 131 Å². The number of aromatic hydroxyl groups is 6. The van der Waals surface area contributed by atoms with Gasteiger partial charge in [-0.3, -0.25) is 0 Å². The van der Waals surface area contributed by atoms with Crippen LogP contribution in [0.4, 0.5) is 0 Å². The molecule has 4 aromatic carbocycles. The van der Waals surface area contributed by atoms with Crippen molar-refractivity contribution in [2.75, 3.05) is 0 Å². The average molecular weight is 470 g/mol. The van der Waals surface area contributed by atoms with Crippen molar-refractivity contribution in [1.82, 2.24) is 0 Å². The van der Waals surface area contributed by atoms with Crippen LogP contribution in [-0.2, 0) is 0 Å². The van der Waals surface area contributed by atoms with Gasteiger partial charge in [0.1, 0.15) is 46.4 Å². The maximum absolute atomic E-state index is 11.3. The summed E-state index contributed by atoms with van der Waals surface area (Å²) in [5.41, 5.74) is 2.76. The number of phenols is 6. The molecule has 0 bridgehead atoms. The third-order valence-corrected chi connectivity index (χ3v) is 5.96. The number of phenolic OH excluding ortho intramolecular Hbond substituents is 6. The molecule has 0 radical (unpaired) electrons. The minimum absolute atomic E-state index is 0.0442. The Morgan fingerprint density at radius 3 is 1.80 bits per heavy atom. The summed E-state index contributed by atoms with van der Waals surface area (Å²) in [4.78, 5) is 0. The van der Waals surface area contributed by atoms with E-state index in [9.17, 15) is 30.6 Å². The minimum atomic E-state index is -0.597. The zero-order chi connectivity index (χ0) is 24.7. The normalized spacial score (nSPS) is 16.8. The van der Waals surface area contributed by atoms with Crippen molar-refractivity contribution in [3.05, 3.63) is 101 Å². The monoisotopic (exact) mass is 470 g/mol. The molecule has 0 saturated carbocycles. The van der Waals surface area contributed by atoms with Crippen LogP contribution in [0.15, 0.2) is 72.8 Å². The van der Waals surface area contributed by atoms with E-state index in [2.05, 4.69) is 0 Å². The number of fused-ring (bicyclic) bond motifs is 1. The van der Waals surface area contributed by atoms with Crippen molar-refractivity contribution in [3.63, 3.8) is 0 Å². The maximum atomic E-state index is 11.3. The number of ether oxygens (including phenoxy) is 1. The third-order valence-electron chi connectivity index (χ3n) is 5.96. The van der Waals surface area contributed by atoms with E-state index < -0.39 is 12.0 Å². The summed E-state index contributed by atoms with van der Waals surface area (Å²) in [7, 11) is 0. The van der Waals surface area contributed by atoms with Gasteiger partial charge in [-0.1, -0.05) is 24.3 Å². The highest BCUT2D eigenvalue weighted by Gasteiger charge is 2.40. The predicted octanol–water partition coefficient (Wildman–Crippen LogP) is 5.36. The van der Waals surface area contributed by atoms with E-state index in [0.29, 0.717) is 28.0 Å². The van der Waals surface area contributed by atoms with E-state index >= 15 is 0 Å². The molecule has 1 aliphatic heterocycles. The molecule has 176 valence electrons. The molecule has 7 heteroatoms. The molecule has 1 aliphatic rings. The van der Waals surface area contributed by atoms with E-state index in [0.717, 1.165) is 5.56 Å². The van der Waals surface area contributed by atoms with Gasteiger partial charge in [0.25, 0.3) is 0 Å². The van der Waals surface area contributed by atoms with Crippen LogP contribution in [0.25, 0.3) is 12.2 Å². The average Bonchev–Trinajstić information content (AvgIpc) is 3.18. The van der Waals surface area contributed by atoms with Crippen molar-refractivity contribution in [1.29, 1.82) is 0 Å². The standard InChI is InChI=1S/C28H22O7/c29-19-6-3-17(4-7-19)28-25(18-11-22(32)14-23(33)12-18)26-24(35-28)8-5-16(27(26)34)2-1-15-9-20(30)13-21(31)10-15/h1-14,25,28-34H/b2-1+. The number of benzene rings is 4. The number of hydrogen-bond acceptors (Lipinski definition) is 7. The van der Waals surface area contributed by atoms with Crippen LogP contribution in [0.2, 0.25) is 0 Å². The molecule has 0 saturated heterocycles. The lowest BCUT2D eigenvalue weighted by Gasteiger charge is -2.21. The van der Waals surface area contributed by atoms with Crippen LogP contribution < -0.4 is 4.74 Å². The van der Waals surface area contributed by atoms with Gasteiger partial charge in [-0.25, -0.2) is 0 Å². The fourth-order valence-corrected chi connectivity index (χ4v) is 4.46. The first-order valence-electron chi connectivity index (χ1n) is 10.8. The largest absolute Gasteiger partial charge is 0.508 e. The number of rotatable bonds is 4. The van der Waals surface area contributed by atoms with Crippen LogP contribution in [0.5, 0.6) is 40.2 Å². The van der Waals surface area contributed by atoms with Crippen molar-refractivity contribution >= 4 is 12.2 Å². The molecule has 0 spiro atoms. The lowest BCUT2D eigenvalue weighted by atomic mass is 9.83. The van der Waals surface area contributed by atoms with Crippen molar-refractivity contribution in [3.8, 4) is 40.2 Å². The van der Waals surface area contributed by atoms with Gasteiger partial charge in [0.2, 0.25) is 0 Å². The lowest BCUT2D eigenvalue weighted by Crippen LogP contribution is -2.11. The molecular formula is C28H22O7. The first-order valence-corrected chi connectivity index (χ1v) is 10.8. The second-order valence-electron chi connectivity index (χ2n) is 8.42. The molecule has 0 amide bonds. The van der Waals surface area contributed by atoms with Gasteiger partial charge in [-0.05, 0) is 65.2 Å². The third kappa shape index (κ3) is 4.27. The molecule has 7 nitrogen and oxygen atoms in total. The molecule has 2 atom stereocenters. The van der Waals surface area contributed by atoms with Crippen molar-refractivity contribution < 1.29 is 35.4 Å². The Morgan fingerprint density at radius 1 is 0.571 bits per heavy atom. The van der Waals surface area contributed by atoms with Crippen molar-refractivity contribution in [2.45, 2.75) is 12.0 Å². The molecule has 5 rings (SSSR count). The Labute approximate surface area is 200 Å². The van der Waals surface area contributed by atoms with Crippen LogP contribution in [0, 0.1) is 0 Å². The molecule has 1 heterocycles. The summed E-state index contributed by atoms with van der Waals surface area (Å²) >= 11 is 0. The second kappa shape index (κ2) is 8.53. The molecule has 0 aromatic heterocycles. The lowest BCUT2D eigenvalue weighted by molar-refractivity contribution is 0.222. The van der Waals surface area contributed by atoms with Gasteiger partial charge in [0.05, 0.1) is 5.92 Å². The highest BCUT2D eigenvalue weighted by molar-refractivity contribution is 5.76. The summed E-state index contributed by atoms with van der Waals surface area (Å²) in [5, 5.41) is 60.7. The van der Waals surface area contributed by atoms with Gasteiger partial charge >= 0.3 is 0 Å². The van der Waals surface area contributed by atoms with E-state index in [1.165, 1.54) is 48.5 Å². The van der Waals surface area contributed by atoms with Crippen LogP contribution in [0.3, 0.4) is 0 Å².